The van der Waals surface area contributed by atoms with Crippen molar-refractivity contribution in [1.29, 1.82) is 0 Å². The minimum Gasteiger partial charge on any atom is -0.477 e. The first-order chi connectivity index (χ1) is 9.77. The van der Waals surface area contributed by atoms with Gasteiger partial charge < -0.3 is 5.11 Å². The number of carbonyl (C=O) groups is 1. The molecule has 0 fully saturated rings. The average molecular weight is 333 g/mol. The van der Waals surface area contributed by atoms with Gasteiger partial charge in [0, 0.05) is 18.0 Å². The molecule has 5 nitrogen and oxygen atoms in total. The van der Waals surface area contributed by atoms with Crippen LogP contribution < -0.4 is 0 Å². The van der Waals surface area contributed by atoms with E-state index in [1.807, 2.05) is 13.8 Å². The summed E-state index contributed by atoms with van der Waals surface area (Å²) in [7, 11) is -3.63. The quantitative estimate of drug-likeness (QED) is 0.793. The van der Waals surface area contributed by atoms with E-state index >= 15 is 0 Å². The van der Waals surface area contributed by atoms with Crippen molar-refractivity contribution >= 4 is 27.3 Å². The number of nitrogens with zero attached hydrogens (tertiary/aromatic N) is 1. The van der Waals surface area contributed by atoms with E-state index in [0.29, 0.717) is 23.9 Å². The Morgan fingerprint density at radius 1 is 1.33 bits per heavy atom. The molecule has 0 aromatic carbocycles. The molecule has 0 saturated carbocycles. The lowest BCUT2D eigenvalue weighted by Gasteiger charge is -2.24. The number of carboxylic acid groups (broad SMARTS) is 1. The third-order valence-corrected chi connectivity index (χ3v) is 6.90. The van der Waals surface area contributed by atoms with Crippen LogP contribution in [0.2, 0.25) is 0 Å². The number of thiophene rings is 1. The zero-order chi connectivity index (χ0) is 16.2. The summed E-state index contributed by atoms with van der Waals surface area (Å²) >= 11 is 1.00. The summed E-state index contributed by atoms with van der Waals surface area (Å²) in [6.45, 7) is 8.41. The van der Waals surface area contributed by atoms with Crippen LogP contribution in [0.5, 0.6) is 0 Å². The van der Waals surface area contributed by atoms with Crippen molar-refractivity contribution < 1.29 is 18.3 Å². The molecule has 0 aliphatic carbocycles. The molecule has 0 aliphatic heterocycles. The van der Waals surface area contributed by atoms with Gasteiger partial charge in [-0.1, -0.05) is 33.6 Å². The minimum absolute atomic E-state index is 0.0599. The van der Waals surface area contributed by atoms with E-state index in [4.69, 9.17) is 5.11 Å². The Morgan fingerprint density at radius 3 is 2.29 bits per heavy atom. The summed E-state index contributed by atoms with van der Waals surface area (Å²) in [6.07, 6.45) is 1.84. The summed E-state index contributed by atoms with van der Waals surface area (Å²) < 4.78 is 26.9. The van der Waals surface area contributed by atoms with Gasteiger partial charge in [-0.25, -0.2) is 13.2 Å². The van der Waals surface area contributed by atoms with Gasteiger partial charge in [0.25, 0.3) is 0 Å². The molecule has 0 amide bonds. The molecule has 1 aromatic rings. The average Bonchev–Trinajstić information content (AvgIpc) is 2.83. The summed E-state index contributed by atoms with van der Waals surface area (Å²) in [5, 5.41) is 9.01. The normalized spacial score (nSPS) is 12.3. The van der Waals surface area contributed by atoms with Crippen LogP contribution in [-0.2, 0) is 10.0 Å². The first-order valence-electron chi connectivity index (χ1n) is 7.11. The Bertz CT molecular complexity index is 588. The molecule has 0 saturated heterocycles. The van der Waals surface area contributed by atoms with Crippen LogP contribution in [0, 0.1) is 12.8 Å². The Labute approximate surface area is 130 Å². The summed E-state index contributed by atoms with van der Waals surface area (Å²) in [5.74, 6) is -0.773. The van der Waals surface area contributed by atoms with Gasteiger partial charge in [0.2, 0.25) is 10.0 Å². The van der Waals surface area contributed by atoms with Gasteiger partial charge in [-0.05, 0) is 18.9 Å². The monoisotopic (exact) mass is 333 g/mol. The van der Waals surface area contributed by atoms with Gasteiger partial charge in [0.15, 0.2) is 0 Å². The Morgan fingerprint density at radius 2 is 1.90 bits per heavy atom. The maximum atomic E-state index is 12.7. The van der Waals surface area contributed by atoms with Crippen LogP contribution in [0.3, 0.4) is 0 Å². The van der Waals surface area contributed by atoms with E-state index in [0.717, 1.165) is 24.2 Å². The van der Waals surface area contributed by atoms with E-state index in [2.05, 4.69) is 0 Å². The summed E-state index contributed by atoms with van der Waals surface area (Å²) in [6, 6.07) is 1.27. The molecule has 1 N–H and O–H groups in total. The standard InChI is InChI=1S/C14H23NO4S2/c1-5-11(6-2)9-15(7-3)21(18,19)13-8-12(14(16)17)20-10(13)4/h8,11H,5-7,9H2,1-4H3,(H,16,17). The topological polar surface area (TPSA) is 74.7 Å². The van der Waals surface area contributed by atoms with Gasteiger partial charge >= 0.3 is 5.97 Å². The SMILES string of the molecule is CCC(CC)CN(CC)S(=O)(=O)c1cc(C(=O)O)sc1C. The van der Waals surface area contributed by atoms with Crippen LogP contribution in [0.25, 0.3) is 0 Å². The molecule has 0 atom stereocenters. The lowest BCUT2D eigenvalue weighted by molar-refractivity contribution is 0.0702. The first kappa shape index (κ1) is 18.1. The van der Waals surface area contributed by atoms with Crippen molar-refractivity contribution in [1.82, 2.24) is 4.31 Å². The number of hydrogen-bond donors (Lipinski definition) is 1. The number of hydrogen-bond acceptors (Lipinski definition) is 4. The van der Waals surface area contributed by atoms with E-state index in [1.54, 1.807) is 13.8 Å². The molecule has 1 rings (SSSR count). The predicted octanol–water partition coefficient (Wildman–Crippen LogP) is 3.20. The Hall–Kier alpha value is -0.920. The van der Waals surface area contributed by atoms with Crippen LogP contribution in [0.1, 0.15) is 48.2 Å². The fraction of sp³-hybridized carbons (Fsp3) is 0.643. The highest BCUT2D eigenvalue weighted by Gasteiger charge is 2.29. The number of aromatic carboxylic acids is 1. The van der Waals surface area contributed by atoms with Gasteiger partial charge in [-0.2, -0.15) is 4.31 Å². The second kappa shape index (κ2) is 7.38. The first-order valence-corrected chi connectivity index (χ1v) is 9.37. The van der Waals surface area contributed by atoms with E-state index < -0.39 is 16.0 Å². The minimum atomic E-state index is -3.63. The van der Waals surface area contributed by atoms with E-state index in [-0.39, 0.29) is 9.77 Å². The van der Waals surface area contributed by atoms with Gasteiger partial charge in [-0.15, -0.1) is 11.3 Å². The maximum Gasteiger partial charge on any atom is 0.345 e. The second-order valence-electron chi connectivity index (χ2n) is 4.97. The van der Waals surface area contributed by atoms with Crippen molar-refractivity contribution in [2.75, 3.05) is 13.1 Å². The van der Waals surface area contributed by atoms with E-state index in [9.17, 15) is 13.2 Å². The fourth-order valence-corrected chi connectivity index (χ4v) is 5.12. The highest BCUT2D eigenvalue weighted by atomic mass is 32.2. The summed E-state index contributed by atoms with van der Waals surface area (Å²) in [5.41, 5.74) is 0. The van der Waals surface area contributed by atoms with Crippen LogP contribution >= 0.6 is 11.3 Å². The number of rotatable bonds is 8. The molecule has 0 bridgehead atoms. The van der Waals surface area contributed by atoms with Crippen molar-refractivity contribution in [2.24, 2.45) is 5.92 Å². The zero-order valence-corrected chi connectivity index (χ0v) is 14.6. The number of aryl methyl sites for hydroxylation is 1. The molecule has 21 heavy (non-hydrogen) atoms. The molecule has 0 aliphatic rings. The summed E-state index contributed by atoms with van der Waals surface area (Å²) in [4.78, 5) is 11.7. The second-order valence-corrected chi connectivity index (χ2v) is 8.14. The van der Waals surface area contributed by atoms with E-state index in [1.165, 1.54) is 10.4 Å². The molecule has 0 spiro atoms. The third kappa shape index (κ3) is 4.05. The zero-order valence-electron chi connectivity index (χ0n) is 12.9. The predicted molar refractivity (Wildman–Crippen MR) is 84.5 cm³/mol. The molecule has 1 aromatic heterocycles. The van der Waals surface area contributed by atoms with Crippen molar-refractivity contribution in [2.45, 2.75) is 45.4 Å². The Balaban J connectivity index is 3.15. The molecular formula is C14H23NO4S2. The Kier molecular flexibility index (Phi) is 6.37. The molecule has 0 radical (unpaired) electrons. The largest absolute Gasteiger partial charge is 0.477 e. The third-order valence-electron chi connectivity index (χ3n) is 3.67. The van der Waals surface area contributed by atoms with Crippen LogP contribution in [0.15, 0.2) is 11.0 Å². The van der Waals surface area contributed by atoms with Crippen molar-refractivity contribution in [3.63, 3.8) is 0 Å². The maximum absolute atomic E-state index is 12.7. The molecule has 1 heterocycles. The fourth-order valence-electron chi connectivity index (χ4n) is 2.20. The molecule has 120 valence electrons. The number of sulfonamides is 1. The number of carboxylic acids is 1. The lowest BCUT2D eigenvalue weighted by Crippen LogP contribution is -2.35. The van der Waals surface area contributed by atoms with Crippen molar-refractivity contribution in [3.8, 4) is 0 Å². The molecule has 0 unspecified atom stereocenters. The molecular weight excluding hydrogens is 310 g/mol. The van der Waals surface area contributed by atoms with Gasteiger partial charge in [0.1, 0.15) is 4.88 Å². The van der Waals surface area contributed by atoms with Gasteiger partial charge in [0.05, 0.1) is 4.90 Å². The highest BCUT2D eigenvalue weighted by molar-refractivity contribution is 7.89. The van der Waals surface area contributed by atoms with Crippen LogP contribution in [0.4, 0.5) is 0 Å². The van der Waals surface area contributed by atoms with Gasteiger partial charge in [-0.3, -0.25) is 0 Å². The van der Waals surface area contributed by atoms with Crippen molar-refractivity contribution in [3.05, 3.63) is 15.8 Å². The molecule has 7 heteroatoms. The van der Waals surface area contributed by atoms with Crippen LogP contribution in [-0.4, -0.2) is 36.9 Å². The highest BCUT2D eigenvalue weighted by Crippen LogP contribution is 2.29. The lowest BCUT2D eigenvalue weighted by atomic mass is 10.0. The smallest absolute Gasteiger partial charge is 0.345 e.